The lowest BCUT2D eigenvalue weighted by molar-refractivity contribution is -0.122. The lowest BCUT2D eigenvalue weighted by Crippen LogP contribution is -2.55. The van der Waals surface area contributed by atoms with E-state index in [4.69, 9.17) is 4.74 Å². The maximum absolute atomic E-state index is 12.2. The number of benzene rings is 2. The third kappa shape index (κ3) is 2.79. The number of aryl methyl sites for hydroxylation is 1. The Labute approximate surface area is 163 Å². The van der Waals surface area contributed by atoms with Crippen molar-refractivity contribution in [1.29, 1.82) is 0 Å². The van der Waals surface area contributed by atoms with Crippen LogP contribution in [0.4, 0.5) is 11.4 Å². The molecule has 7 nitrogen and oxygen atoms in total. The minimum absolute atomic E-state index is 0.114. The summed E-state index contributed by atoms with van der Waals surface area (Å²) in [5.41, 5.74) is 7.94. The van der Waals surface area contributed by atoms with Crippen molar-refractivity contribution in [2.75, 3.05) is 29.9 Å². The zero-order chi connectivity index (χ0) is 19.3. The lowest BCUT2D eigenvalue weighted by Gasteiger charge is -2.39. The number of amides is 1. The summed E-state index contributed by atoms with van der Waals surface area (Å²) in [5, 5.41) is 11.1. The Morgan fingerprint density at radius 1 is 1.21 bits per heavy atom. The van der Waals surface area contributed by atoms with E-state index in [1.165, 1.54) is 5.56 Å². The van der Waals surface area contributed by atoms with Crippen LogP contribution in [0.3, 0.4) is 0 Å². The Kier molecular flexibility index (Phi) is 3.98. The quantitative estimate of drug-likeness (QED) is 0.763. The molecule has 28 heavy (non-hydrogen) atoms. The van der Waals surface area contributed by atoms with Gasteiger partial charge in [-0.05, 0) is 31.5 Å². The second-order valence-corrected chi connectivity index (χ2v) is 7.57. The molecule has 1 fully saturated rings. The summed E-state index contributed by atoms with van der Waals surface area (Å²) in [4.78, 5) is 14.1. The molecule has 0 aromatic heterocycles. The number of hydrazone groups is 1. The minimum Gasteiger partial charge on any atom is -0.483 e. The molecule has 3 heterocycles. The van der Waals surface area contributed by atoms with Gasteiger partial charge in [0.15, 0.2) is 5.84 Å². The van der Waals surface area contributed by atoms with Crippen molar-refractivity contribution in [3.05, 3.63) is 42.0 Å². The van der Waals surface area contributed by atoms with E-state index in [0.717, 1.165) is 47.2 Å². The van der Waals surface area contributed by atoms with Gasteiger partial charge in [0, 0.05) is 24.3 Å². The van der Waals surface area contributed by atoms with Gasteiger partial charge in [0.1, 0.15) is 18.4 Å². The number of carbonyl (C=O) groups is 1. The number of hydrogen-bond donors (Lipinski definition) is 3. The molecule has 2 aromatic rings. The highest BCUT2D eigenvalue weighted by molar-refractivity contribution is 6.10. The molecular formula is C21H23N5O2. The van der Waals surface area contributed by atoms with Gasteiger partial charge in [-0.1, -0.05) is 29.8 Å². The summed E-state index contributed by atoms with van der Waals surface area (Å²) in [5.74, 6) is 1.38. The van der Waals surface area contributed by atoms with Gasteiger partial charge in [-0.3, -0.25) is 4.79 Å². The third-order valence-corrected chi connectivity index (χ3v) is 5.56. The van der Waals surface area contributed by atoms with Crippen molar-refractivity contribution in [1.82, 2.24) is 10.7 Å². The van der Waals surface area contributed by atoms with Crippen LogP contribution >= 0.6 is 0 Å². The summed E-state index contributed by atoms with van der Waals surface area (Å²) in [6.45, 7) is 6.19. The molecule has 0 aliphatic carbocycles. The molecular weight excluding hydrogens is 354 g/mol. The topological polar surface area (TPSA) is 78.0 Å². The standard InChI is InChI=1S/C21H23N5O2/c1-12-3-5-14(6-4-12)16-7-19-18(8-17(16)23-15-9-22-10-15)26-13(2)21(27)25-24-20(26)11-28-19/h3-8,13,15,22-23H,9-11H2,1-2H3,(H,25,27). The Hall–Kier alpha value is -3.06. The van der Waals surface area contributed by atoms with Gasteiger partial charge in [0.2, 0.25) is 0 Å². The molecule has 1 unspecified atom stereocenters. The molecule has 0 spiro atoms. The first-order chi connectivity index (χ1) is 13.6. The van der Waals surface area contributed by atoms with Crippen LogP contribution in [0.25, 0.3) is 11.1 Å². The number of amidine groups is 1. The number of anilines is 2. The monoisotopic (exact) mass is 377 g/mol. The van der Waals surface area contributed by atoms with Crippen LogP contribution in [-0.4, -0.2) is 43.5 Å². The van der Waals surface area contributed by atoms with Crippen LogP contribution in [0, 0.1) is 6.92 Å². The van der Waals surface area contributed by atoms with E-state index in [0.29, 0.717) is 12.6 Å². The Bertz CT molecular complexity index is 966. The van der Waals surface area contributed by atoms with E-state index in [1.54, 1.807) is 0 Å². The average Bonchev–Trinajstić information content (AvgIpc) is 2.67. The number of hydrogen-bond acceptors (Lipinski definition) is 6. The maximum Gasteiger partial charge on any atom is 0.262 e. The third-order valence-electron chi connectivity index (χ3n) is 5.56. The molecule has 0 saturated carbocycles. The summed E-state index contributed by atoms with van der Waals surface area (Å²) >= 11 is 0. The highest BCUT2D eigenvalue weighted by atomic mass is 16.5. The fraction of sp³-hybridized carbons (Fsp3) is 0.333. The molecule has 0 bridgehead atoms. The molecule has 0 radical (unpaired) electrons. The van der Waals surface area contributed by atoms with E-state index >= 15 is 0 Å². The molecule has 144 valence electrons. The first-order valence-electron chi connectivity index (χ1n) is 9.61. The fourth-order valence-electron chi connectivity index (χ4n) is 3.77. The van der Waals surface area contributed by atoms with Crippen LogP contribution in [-0.2, 0) is 4.79 Å². The van der Waals surface area contributed by atoms with E-state index < -0.39 is 0 Å². The molecule has 3 aliphatic heterocycles. The smallest absolute Gasteiger partial charge is 0.262 e. The van der Waals surface area contributed by atoms with Gasteiger partial charge in [-0.2, -0.15) is 5.10 Å². The first-order valence-corrected chi connectivity index (χ1v) is 9.61. The number of fused-ring (bicyclic) bond motifs is 3. The number of nitrogens with zero attached hydrogens (tertiary/aromatic N) is 2. The van der Waals surface area contributed by atoms with E-state index in [9.17, 15) is 4.79 Å². The predicted molar refractivity (Wildman–Crippen MR) is 110 cm³/mol. The number of rotatable bonds is 3. The maximum atomic E-state index is 12.2. The molecule has 7 heteroatoms. The molecule has 1 amide bonds. The summed E-state index contributed by atoms with van der Waals surface area (Å²) < 4.78 is 6.00. The normalized spacial score (nSPS) is 20.9. The van der Waals surface area contributed by atoms with E-state index in [-0.39, 0.29) is 11.9 Å². The van der Waals surface area contributed by atoms with Gasteiger partial charge in [0.05, 0.1) is 11.7 Å². The zero-order valence-corrected chi connectivity index (χ0v) is 16.0. The van der Waals surface area contributed by atoms with Crippen LogP contribution in [0.1, 0.15) is 12.5 Å². The average molecular weight is 377 g/mol. The predicted octanol–water partition coefficient (Wildman–Crippen LogP) is 2.08. The van der Waals surface area contributed by atoms with Gasteiger partial charge < -0.3 is 20.3 Å². The SMILES string of the molecule is Cc1ccc(-c2cc3c(cc2NC2CNC2)N2C(=NNC(=O)C2C)CO3)cc1. The lowest BCUT2D eigenvalue weighted by atomic mass is 9.98. The number of ether oxygens (including phenoxy) is 1. The van der Waals surface area contributed by atoms with E-state index in [1.807, 2.05) is 11.8 Å². The molecule has 3 aliphatic rings. The van der Waals surface area contributed by atoms with Crippen molar-refractivity contribution in [3.63, 3.8) is 0 Å². The summed E-state index contributed by atoms with van der Waals surface area (Å²) in [6, 6.07) is 12.7. The van der Waals surface area contributed by atoms with Gasteiger partial charge in [0.25, 0.3) is 5.91 Å². The molecule has 2 aromatic carbocycles. The van der Waals surface area contributed by atoms with Gasteiger partial charge in [-0.15, -0.1) is 0 Å². The van der Waals surface area contributed by atoms with Crippen LogP contribution in [0.2, 0.25) is 0 Å². The van der Waals surface area contributed by atoms with Crippen LogP contribution in [0.15, 0.2) is 41.5 Å². The highest BCUT2D eigenvalue weighted by Crippen LogP contribution is 2.42. The van der Waals surface area contributed by atoms with Crippen molar-refractivity contribution in [2.45, 2.75) is 25.9 Å². The molecule has 1 atom stereocenters. The van der Waals surface area contributed by atoms with Crippen molar-refractivity contribution < 1.29 is 9.53 Å². The molecule has 3 N–H and O–H groups in total. The van der Waals surface area contributed by atoms with Crippen molar-refractivity contribution >= 4 is 23.1 Å². The van der Waals surface area contributed by atoms with Gasteiger partial charge in [-0.25, -0.2) is 5.43 Å². The van der Waals surface area contributed by atoms with Crippen molar-refractivity contribution in [3.8, 4) is 16.9 Å². The Balaban J connectivity index is 1.63. The molecule has 5 rings (SSSR count). The van der Waals surface area contributed by atoms with Gasteiger partial charge >= 0.3 is 0 Å². The summed E-state index contributed by atoms with van der Waals surface area (Å²) in [7, 11) is 0. The zero-order valence-electron chi connectivity index (χ0n) is 16.0. The fourth-order valence-corrected chi connectivity index (χ4v) is 3.77. The highest BCUT2D eigenvalue weighted by Gasteiger charge is 2.36. The van der Waals surface area contributed by atoms with Crippen LogP contribution < -0.4 is 25.7 Å². The first kappa shape index (κ1) is 17.1. The second kappa shape index (κ2) is 6.53. The van der Waals surface area contributed by atoms with Crippen molar-refractivity contribution in [2.24, 2.45) is 5.10 Å². The Morgan fingerprint density at radius 2 is 2.00 bits per heavy atom. The number of carbonyl (C=O) groups excluding carboxylic acids is 1. The Morgan fingerprint density at radius 3 is 2.71 bits per heavy atom. The van der Waals surface area contributed by atoms with Crippen LogP contribution in [0.5, 0.6) is 5.75 Å². The van der Waals surface area contributed by atoms with E-state index in [2.05, 4.69) is 64.5 Å². The minimum atomic E-state index is -0.335. The number of nitrogens with one attached hydrogen (secondary N) is 3. The molecule has 1 saturated heterocycles. The summed E-state index contributed by atoms with van der Waals surface area (Å²) in [6.07, 6.45) is 0. The largest absolute Gasteiger partial charge is 0.483 e. The second-order valence-electron chi connectivity index (χ2n) is 7.57.